The Bertz CT molecular complexity index is 616. The van der Waals surface area contributed by atoms with E-state index in [1.165, 1.54) is 17.7 Å². The van der Waals surface area contributed by atoms with E-state index in [1.54, 1.807) is 11.3 Å². The number of carbonyl (C=O) groups excluding carboxylic acids is 1. The molecule has 1 aromatic heterocycles. The van der Waals surface area contributed by atoms with Gasteiger partial charge in [0.25, 0.3) is 5.91 Å². The summed E-state index contributed by atoms with van der Waals surface area (Å²) < 4.78 is 5.76. The summed E-state index contributed by atoms with van der Waals surface area (Å²) in [5, 5.41) is 3.61. The minimum absolute atomic E-state index is 0.127. The maximum absolute atomic E-state index is 12.4. The van der Waals surface area contributed by atoms with Gasteiger partial charge >= 0.3 is 0 Å². The van der Waals surface area contributed by atoms with Gasteiger partial charge in [-0.25, -0.2) is 4.98 Å². The number of fused-ring (bicyclic) bond motifs is 1. The normalized spacial score (nSPS) is 15.0. The molecule has 1 unspecified atom stereocenters. The summed E-state index contributed by atoms with van der Waals surface area (Å²) in [7, 11) is 0. The smallest absolute Gasteiger partial charge is 0.267 e. The van der Waals surface area contributed by atoms with Crippen molar-refractivity contribution in [2.24, 2.45) is 0 Å². The molecule has 1 amide bonds. The summed E-state index contributed by atoms with van der Waals surface area (Å²) in [6.07, 6.45) is 4.64. The molecule has 22 heavy (non-hydrogen) atoms. The molecular formula is C17H20N2O2S. The van der Waals surface area contributed by atoms with Gasteiger partial charge in [0.15, 0.2) is 11.2 Å². The van der Waals surface area contributed by atoms with Crippen molar-refractivity contribution in [1.29, 1.82) is 0 Å². The first-order valence-electron chi connectivity index (χ1n) is 7.77. The Morgan fingerprint density at radius 2 is 2.09 bits per heavy atom. The predicted octanol–water partition coefficient (Wildman–Crippen LogP) is 3.82. The molecule has 1 N–H and O–H groups in total. The van der Waals surface area contributed by atoms with Crippen molar-refractivity contribution in [2.45, 2.75) is 45.1 Å². The van der Waals surface area contributed by atoms with Gasteiger partial charge in [-0.15, -0.1) is 11.3 Å². The molecule has 0 radical (unpaired) electrons. The van der Waals surface area contributed by atoms with Crippen molar-refractivity contribution in [3.63, 3.8) is 0 Å². The van der Waals surface area contributed by atoms with E-state index in [-0.39, 0.29) is 5.91 Å². The molecule has 5 heteroatoms. The molecule has 4 nitrogen and oxygen atoms in total. The SMILES string of the molecule is CCC(Oc1ccccc1)C(=O)Nc1nc2c(s1)CCCC2. The monoisotopic (exact) mass is 316 g/mol. The van der Waals surface area contributed by atoms with Crippen LogP contribution >= 0.6 is 11.3 Å². The third-order valence-corrected chi connectivity index (χ3v) is 4.83. The number of thiazole rings is 1. The molecule has 0 saturated carbocycles. The van der Waals surface area contributed by atoms with E-state index in [4.69, 9.17) is 4.74 Å². The number of nitrogens with zero attached hydrogens (tertiary/aromatic N) is 1. The number of ether oxygens (including phenoxy) is 1. The van der Waals surface area contributed by atoms with E-state index in [9.17, 15) is 4.79 Å². The topological polar surface area (TPSA) is 51.2 Å². The summed E-state index contributed by atoms with van der Waals surface area (Å²) in [5.74, 6) is 0.584. The Balaban J connectivity index is 1.65. The molecule has 1 atom stereocenters. The Hall–Kier alpha value is -1.88. The fourth-order valence-electron chi connectivity index (χ4n) is 2.58. The Kier molecular flexibility index (Phi) is 4.73. The van der Waals surface area contributed by atoms with Crippen molar-refractivity contribution < 1.29 is 9.53 Å². The van der Waals surface area contributed by atoms with Crippen LogP contribution in [0.25, 0.3) is 0 Å². The maximum Gasteiger partial charge on any atom is 0.267 e. The average Bonchev–Trinajstić information content (AvgIpc) is 2.95. The molecule has 1 aromatic carbocycles. The van der Waals surface area contributed by atoms with E-state index < -0.39 is 6.10 Å². The van der Waals surface area contributed by atoms with Gasteiger partial charge in [0.2, 0.25) is 0 Å². The fourth-order valence-corrected chi connectivity index (χ4v) is 3.63. The van der Waals surface area contributed by atoms with Gasteiger partial charge in [-0.3, -0.25) is 10.1 Å². The van der Waals surface area contributed by atoms with E-state index >= 15 is 0 Å². The quantitative estimate of drug-likeness (QED) is 0.912. The lowest BCUT2D eigenvalue weighted by Gasteiger charge is -2.16. The minimum atomic E-state index is -0.497. The third-order valence-electron chi connectivity index (χ3n) is 3.76. The number of nitrogens with one attached hydrogen (secondary N) is 1. The van der Waals surface area contributed by atoms with Crippen molar-refractivity contribution in [3.8, 4) is 5.75 Å². The first-order chi connectivity index (χ1) is 10.8. The summed E-state index contributed by atoms with van der Waals surface area (Å²) in [6, 6.07) is 9.44. The van der Waals surface area contributed by atoms with Gasteiger partial charge < -0.3 is 4.74 Å². The van der Waals surface area contributed by atoms with Crippen molar-refractivity contribution in [2.75, 3.05) is 5.32 Å². The van der Waals surface area contributed by atoms with Crippen molar-refractivity contribution in [3.05, 3.63) is 40.9 Å². The van der Waals surface area contributed by atoms with Crippen LogP contribution in [0.5, 0.6) is 5.75 Å². The van der Waals surface area contributed by atoms with Crippen LogP contribution in [0.1, 0.15) is 36.8 Å². The second-order valence-electron chi connectivity index (χ2n) is 5.41. The highest BCUT2D eigenvalue weighted by molar-refractivity contribution is 7.15. The van der Waals surface area contributed by atoms with Crippen LogP contribution in [-0.4, -0.2) is 17.0 Å². The number of rotatable bonds is 5. The summed E-state index contributed by atoms with van der Waals surface area (Å²) in [5.41, 5.74) is 1.16. The highest BCUT2D eigenvalue weighted by Crippen LogP contribution is 2.29. The van der Waals surface area contributed by atoms with E-state index in [0.717, 1.165) is 18.5 Å². The van der Waals surface area contributed by atoms with Crippen molar-refractivity contribution in [1.82, 2.24) is 4.98 Å². The molecule has 3 rings (SSSR count). The van der Waals surface area contributed by atoms with Crippen molar-refractivity contribution >= 4 is 22.4 Å². The summed E-state index contributed by atoms with van der Waals surface area (Å²) >= 11 is 1.60. The molecule has 1 heterocycles. The lowest BCUT2D eigenvalue weighted by atomic mass is 10.0. The Morgan fingerprint density at radius 1 is 1.32 bits per heavy atom. The van der Waals surface area contributed by atoms with E-state index in [0.29, 0.717) is 17.3 Å². The molecule has 2 aromatic rings. The molecule has 0 saturated heterocycles. The van der Waals surface area contributed by atoms with Crippen LogP contribution < -0.4 is 10.1 Å². The standard InChI is InChI=1S/C17H20N2O2S/c1-2-14(21-12-8-4-3-5-9-12)16(20)19-17-18-13-10-6-7-11-15(13)22-17/h3-5,8-9,14H,2,6-7,10-11H2,1H3,(H,18,19,20). The lowest BCUT2D eigenvalue weighted by Crippen LogP contribution is -2.32. The fraction of sp³-hybridized carbons (Fsp3) is 0.412. The average molecular weight is 316 g/mol. The summed E-state index contributed by atoms with van der Waals surface area (Å²) in [6.45, 7) is 1.94. The third kappa shape index (κ3) is 3.47. The van der Waals surface area contributed by atoms with Gasteiger partial charge in [-0.2, -0.15) is 0 Å². The largest absolute Gasteiger partial charge is 0.481 e. The van der Waals surface area contributed by atoms with Gasteiger partial charge in [0.05, 0.1) is 5.69 Å². The molecule has 0 aliphatic heterocycles. The number of amides is 1. The predicted molar refractivity (Wildman–Crippen MR) is 88.5 cm³/mol. The zero-order valence-corrected chi connectivity index (χ0v) is 13.5. The minimum Gasteiger partial charge on any atom is -0.481 e. The number of aromatic nitrogens is 1. The van der Waals surface area contributed by atoms with Crippen LogP contribution in [0.15, 0.2) is 30.3 Å². The zero-order chi connectivity index (χ0) is 15.4. The van der Waals surface area contributed by atoms with Crippen LogP contribution in [0.2, 0.25) is 0 Å². The molecule has 0 spiro atoms. The Labute approximate surface area is 134 Å². The molecule has 1 aliphatic rings. The first-order valence-corrected chi connectivity index (χ1v) is 8.59. The van der Waals surface area contributed by atoms with Gasteiger partial charge in [0.1, 0.15) is 5.75 Å². The van der Waals surface area contributed by atoms with Crippen LogP contribution in [0, 0.1) is 0 Å². The number of hydrogen-bond acceptors (Lipinski definition) is 4. The first kappa shape index (κ1) is 15.0. The highest BCUT2D eigenvalue weighted by Gasteiger charge is 2.21. The number of benzene rings is 1. The molecular weight excluding hydrogens is 296 g/mol. The molecule has 116 valence electrons. The van der Waals surface area contributed by atoms with Gasteiger partial charge in [0, 0.05) is 4.88 Å². The maximum atomic E-state index is 12.4. The number of para-hydroxylation sites is 1. The van der Waals surface area contributed by atoms with Crippen LogP contribution in [0.4, 0.5) is 5.13 Å². The molecule has 0 bridgehead atoms. The lowest BCUT2D eigenvalue weighted by molar-refractivity contribution is -0.122. The van der Waals surface area contributed by atoms with Gasteiger partial charge in [-0.1, -0.05) is 25.1 Å². The number of hydrogen-bond donors (Lipinski definition) is 1. The molecule has 1 aliphatic carbocycles. The van der Waals surface area contributed by atoms with Crippen LogP contribution in [-0.2, 0) is 17.6 Å². The van der Waals surface area contributed by atoms with Gasteiger partial charge in [-0.05, 0) is 44.2 Å². The number of aryl methyl sites for hydroxylation is 2. The summed E-state index contributed by atoms with van der Waals surface area (Å²) in [4.78, 5) is 18.3. The van der Waals surface area contributed by atoms with E-state index in [2.05, 4.69) is 10.3 Å². The molecule has 0 fully saturated rings. The number of carbonyl (C=O) groups is 1. The second kappa shape index (κ2) is 6.92. The highest BCUT2D eigenvalue weighted by atomic mass is 32.1. The van der Waals surface area contributed by atoms with Crippen LogP contribution in [0.3, 0.4) is 0 Å². The zero-order valence-electron chi connectivity index (χ0n) is 12.7. The Morgan fingerprint density at radius 3 is 2.82 bits per heavy atom. The van der Waals surface area contributed by atoms with E-state index in [1.807, 2.05) is 37.3 Å². The second-order valence-corrected chi connectivity index (χ2v) is 6.50. The number of anilines is 1.